The number of Topliss-reactive ketones (excluding diaryl/α,β-unsaturated/α-hetero) is 1. The van der Waals surface area contributed by atoms with Gasteiger partial charge in [-0.2, -0.15) is 0 Å². The maximum atomic E-state index is 10.8. The van der Waals surface area contributed by atoms with Crippen molar-refractivity contribution < 1.29 is 15.1 Å². The molecule has 0 bridgehead atoms. The van der Waals surface area contributed by atoms with E-state index in [4.69, 9.17) is 0 Å². The van der Waals surface area contributed by atoms with Crippen LogP contribution in [-0.4, -0.2) is 17.5 Å². The highest BCUT2D eigenvalue weighted by Gasteiger charge is 2.00. The summed E-state index contributed by atoms with van der Waals surface area (Å²) in [6.45, 7) is 1.93. The average Bonchev–Trinajstić information content (AvgIpc) is 2.05. The minimum atomic E-state index is -0.468. The summed E-state index contributed by atoms with van der Waals surface area (Å²) in [6, 6.07) is 6.89. The van der Waals surface area contributed by atoms with E-state index in [1.54, 1.807) is 24.3 Å². The Morgan fingerprint density at radius 3 is 2.17 bits per heavy atom. The fourth-order valence-electron chi connectivity index (χ4n) is 0.786. The highest BCUT2D eigenvalue weighted by molar-refractivity contribution is 6.33. The summed E-state index contributed by atoms with van der Waals surface area (Å²) in [5.74, 6) is -0.468. The molecule has 0 aliphatic rings. The maximum Gasteiger partial charge on any atom is 0.225 e. The summed E-state index contributed by atoms with van der Waals surface area (Å²) < 4.78 is 0. The van der Waals surface area contributed by atoms with E-state index in [9.17, 15) is 9.59 Å². The predicted octanol–water partition coefficient (Wildman–Crippen LogP) is 0.552. The fourth-order valence-corrected chi connectivity index (χ4v) is 0.786. The minimum Gasteiger partial charge on any atom is -0.412 e. The second-order valence-electron chi connectivity index (χ2n) is 2.35. The molecule has 3 nitrogen and oxygen atoms in total. The number of carbonyl (C=O) groups is 2. The van der Waals surface area contributed by atoms with Gasteiger partial charge in [0.1, 0.15) is 0 Å². The van der Waals surface area contributed by atoms with Crippen molar-refractivity contribution in [3.63, 3.8) is 0 Å². The molecule has 0 amide bonds. The quantitative estimate of drug-likeness (QED) is 0.366. The smallest absolute Gasteiger partial charge is 0.225 e. The molecule has 0 saturated heterocycles. The van der Waals surface area contributed by atoms with E-state index in [0.29, 0.717) is 11.8 Å². The average molecular weight is 166 g/mol. The molecule has 1 aromatic rings. The van der Waals surface area contributed by atoms with E-state index in [1.165, 1.54) is 0 Å². The van der Waals surface area contributed by atoms with Gasteiger partial charge < -0.3 is 5.48 Å². The van der Waals surface area contributed by atoms with Crippen molar-refractivity contribution in [2.24, 2.45) is 0 Å². The van der Waals surface area contributed by atoms with Crippen LogP contribution in [0.25, 0.3) is 0 Å². The van der Waals surface area contributed by atoms with Crippen LogP contribution < -0.4 is 0 Å². The maximum absolute atomic E-state index is 10.8. The molecule has 1 rings (SSSR count). The van der Waals surface area contributed by atoms with Crippen molar-refractivity contribution >= 4 is 12.1 Å². The molecule has 0 heterocycles. The molecule has 2 N–H and O–H groups in total. The molecule has 0 aliphatic carbocycles. The van der Waals surface area contributed by atoms with Crippen LogP contribution in [0.15, 0.2) is 24.3 Å². The zero-order valence-electron chi connectivity index (χ0n) is 6.70. The molecule has 0 aliphatic heterocycles. The Morgan fingerprint density at radius 1 is 1.25 bits per heavy atom. The van der Waals surface area contributed by atoms with Crippen LogP contribution >= 0.6 is 0 Å². The summed E-state index contributed by atoms with van der Waals surface area (Å²) in [5.41, 5.74) is 1.53. The lowest BCUT2D eigenvalue weighted by atomic mass is 10.1. The molecular weight excluding hydrogens is 156 g/mol. The Morgan fingerprint density at radius 2 is 1.75 bits per heavy atom. The second-order valence-corrected chi connectivity index (χ2v) is 2.35. The number of carbonyl (C=O) groups excluding carboxylic acids is 2. The van der Waals surface area contributed by atoms with Gasteiger partial charge in [0, 0.05) is 5.56 Å². The number of hydrogen-bond acceptors (Lipinski definition) is 2. The third kappa shape index (κ3) is 2.29. The summed E-state index contributed by atoms with van der Waals surface area (Å²) in [6.07, 6.45) is 0.324. The summed E-state index contributed by atoms with van der Waals surface area (Å²) in [4.78, 5) is 20.8. The van der Waals surface area contributed by atoms with Gasteiger partial charge in [-0.05, 0) is 6.92 Å². The number of ketones is 1. The zero-order valence-corrected chi connectivity index (χ0v) is 6.70. The van der Waals surface area contributed by atoms with Gasteiger partial charge >= 0.3 is 0 Å². The highest BCUT2D eigenvalue weighted by atomic mass is 16.2. The van der Waals surface area contributed by atoms with Crippen molar-refractivity contribution in [2.75, 3.05) is 0 Å². The van der Waals surface area contributed by atoms with Crippen LogP contribution in [0.3, 0.4) is 0 Å². The third-order valence-corrected chi connectivity index (χ3v) is 1.44. The van der Waals surface area contributed by atoms with E-state index >= 15 is 0 Å². The van der Waals surface area contributed by atoms with E-state index < -0.39 is 5.78 Å². The van der Waals surface area contributed by atoms with E-state index in [-0.39, 0.29) is 5.48 Å². The van der Waals surface area contributed by atoms with Crippen LogP contribution in [0.4, 0.5) is 0 Å². The molecule has 1 aromatic carbocycles. The van der Waals surface area contributed by atoms with Gasteiger partial charge in [-0.1, -0.05) is 29.8 Å². The van der Waals surface area contributed by atoms with Crippen LogP contribution in [0.1, 0.15) is 15.9 Å². The molecule has 0 unspecified atom stereocenters. The topological polar surface area (TPSA) is 65.6 Å². The number of aryl methyl sites for hydroxylation is 1. The predicted molar refractivity (Wildman–Crippen MR) is 45.2 cm³/mol. The number of rotatable bonds is 2. The van der Waals surface area contributed by atoms with Gasteiger partial charge in [0.15, 0.2) is 6.29 Å². The Labute approximate surface area is 70.3 Å². The minimum absolute atomic E-state index is 0. The highest BCUT2D eigenvalue weighted by Crippen LogP contribution is 2.02. The SMILES string of the molecule is Cc1ccc(C(=O)C=O)cc1.O. The van der Waals surface area contributed by atoms with Gasteiger partial charge in [-0.15, -0.1) is 0 Å². The summed E-state index contributed by atoms with van der Waals surface area (Å²) in [7, 11) is 0. The number of benzene rings is 1. The Bertz CT molecular complexity index is 274. The zero-order chi connectivity index (χ0) is 8.27. The lowest BCUT2D eigenvalue weighted by molar-refractivity contribution is -0.104. The molecule has 0 saturated carbocycles. The molecule has 0 atom stereocenters. The van der Waals surface area contributed by atoms with Crippen LogP contribution in [-0.2, 0) is 4.79 Å². The first-order chi connectivity index (χ1) is 5.24. The first-order valence-electron chi connectivity index (χ1n) is 3.30. The van der Waals surface area contributed by atoms with Crippen molar-refractivity contribution in [3.05, 3.63) is 35.4 Å². The van der Waals surface area contributed by atoms with Crippen LogP contribution in [0.5, 0.6) is 0 Å². The van der Waals surface area contributed by atoms with Crippen molar-refractivity contribution in [1.82, 2.24) is 0 Å². The molecule has 3 heteroatoms. The van der Waals surface area contributed by atoms with Gasteiger partial charge in [0.05, 0.1) is 0 Å². The fraction of sp³-hybridized carbons (Fsp3) is 0.111. The Kier molecular flexibility index (Phi) is 3.86. The summed E-state index contributed by atoms with van der Waals surface area (Å²) >= 11 is 0. The molecule has 0 aromatic heterocycles. The van der Waals surface area contributed by atoms with Gasteiger partial charge in [-0.3, -0.25) is 9.59 Å². The Hall–Kier alpha value is -1.48. The normalized spacial score (nSPS) is 8.42. The standard InChI is InChI=1S/C9H8O2.H2O/c1-7-2-4-8(5-3-7)9(11)6-10;/h2-6H,1H3;1H2. The van der Waals surface area contributed by atoms with Crippen LogP contribution in [0, 0.1) is 6.92 Å². The van der Waals surface area contributed by atoms with Crippen molar-refractivity contribution in [2.45, 2.75) is 6.92 Å². The molecule has 64 valence electrons. The van der Waals surface area contributed by atoms with Gasteiger partial charge in [0.25, 0.3) is 0 Å². The first-order valence-corrected chi connectivity index (χ1v) is 3.30. The molecule has 0 radical (unpaired) electrons. The number of aldehydes is 1. The number of hydrogen-bond donors (Lipinski definition) is 0. The van der Waals surface area contributed by atoms with E-state index in [1.807, 2.05) is 6.92 Å². The molecule has 0 fully saturated rings. The van der Waals surface area contributed by atoms with Gasteiger partial charge in [-0.25, -0.2) is 0 Å². The van der Waals surface area contributed by atoms with Crippen LogP contribution in [0.2, 0.25) is 0 Å². The van der Waals surface area contributed by atoms with Crippen molar-refractivity contribution in [1.29, 1.82) is 0 Å². The largest absolute Gasteiger partial charge is 0.412 e. The lowest BCUT2D eigenvalue weighted by Gasteiger charge is -1.93. The van der Waals surface area contributed by atoms with Crippen molar-refractivity contribution in [3.8, 4) is 0 Å². The summed E-state index contributed by atoms with van der Waals surface area (Å²) in [5, 5.41) is 0. The monoisotopic (exact) mass is 166 g/mol. The molecular formula is C9H10O3. The van der Waals surface area contributed by atoms with E-state index in [0.717, 1.165) is 5.56 Å². The molecule has 12 heavy (non-hydrogen) atoms. The third-order valence-electron chi connectivity index (χ3n) is 1.44. The first kappa shape index (κ1) is 10.5. The lowest BCUT2D eigenvalue weighted by Crippen LogP contribution is -1.98. The van der Waals surface area contributed by atoms with E-state index in [2.05, 4.69) is 0 Å². The Balaban J connectivity index is 0.00000121. The second kappa shape index (κ2) is 4.41. The molecule has 0 spiro atoms. The van der Waals surface area contributed by atoms with Gasteiger partial charge in [0.2, 0.25) is 5.78 Å².